The van der Waals surface area contributed by atoms with Gasteiger partial charge in [0.15, 0.2) is 11.4 Å². The highest BCUT2D eigenvalue weighted by Crippen LogP contribution is 2.31. The van der Waals surface area contributed by atoms with Crippen LogP contribution in [0.3, 0.4) is 0 Å². The van der Waals surface area contributed by atoms with Gasteiger partial charge in [0, 0.05) is 19.5 Å². The fourth-order valence-electron chi connectivity index (χ4n) is 4.68. The van der Waals surface area contributed by atoms with E-state index in [9.17, 15) is 14.7 Å². The number of carboxylic acid groups (broad SMARTS) is 1. The smallest absolute Gasteiger partial charge is 0.326 e. The molecule has 3 aromatic rings. The minimum atomic E-state index is -1.09. The Morgan fingerprint density at radius 3 is 2.45 bits per heavy atom. The van der Waals surface area contributed by atoms with Gasteiger partial charge in [-0.2, -0.15) is 0 Å². The van der Waals surface area contributed by atoms with Gasteiger partial charge in [0.2, 0.25) is 0 Å². The molecule has 1 unspecified atom stereocenters. The number of hydrogen-bond acceptors (Lipinski definition) is 6. The molecular weight excluding hydrogens is 504 g/mol. The first-order valence-electron chi connectivity index (χ1n) is 12.9. The molecule has 1 aliphatic rings. The van der Waals surface area contributed by atoms with Gasteiger partial charge in [-0.15, -0.1) is 0 Å². The number of hydrogen-bond donors (Lipinski definition) is 2. The lowest BCUT2D eigenvalue weighted by Crippen LogP contribution is -2.41. The van der Waals surface area contributed by atoms with Crippen LogP contribution in [0.1, 0.15) is 53.8 Å². The predicted octanol–water partition coefficient (Wildman–Crippen LogP) is 5.07. The number of benzene rings is 2. The summed E-state index contributed by atoms with van der Waals surface area (Å²) in [5.74, 6) is -0.503. The molecule has 2 N–H and O–H groups in total. The number of carbonyl (C=O) groups is 2. The third kappa shape index (κ3) is 6.81. The van der Waals surface area contributed by atoms with E-state index in [1.807, 2.05) is 54.6 Å². The molecule has 1 atom stereocenters. The van der Waals surface area contributed by atoms with Crippen molar-refractivity contribution in [1.29, 1.82) is 0 Å². The zero-order chi connectivity index (χ0) is 27.1. The molecule has 8 nitrogen and oxygen atoms in total. The molecule has 1 aromatic heterocycles. The molecule has 0 radical (unpaired) electrons. The van der Waals surface area contributed by atoms with E-state index in [4.69, 9.17) is 16.3 Å². The molecule has 1 amide bonds. The Kier molecular flexibility index (Phi) is 9.18. The third-order valence-corrected chi connectivity index (χ3v) is 7.13. The summed E-state index contributed by atoms with van der Waals surface area (Å²) in [6.45, 7) is 5.47. The number of aliphatic carboxylic acids is 1. The van der Waals surface area contributed by atoms with Crippen molar-refractivity contribution in [1.82, 2.24) is 15.3 Å². The summed E-state index contributed by atoms with van der Waals surface area (Å²) in [6, 6.07) is 16.4. The monoisotopic (exact) mass is 536 g/mol. The zero-order valence-corrected chi connectivity index (χ0v) is 22.4. The first-order valence-corrected chi connectivity index (χ1v) is 13.3. The quantitative estimate of drug-likeness (QED) is 0.373. The normalized spacial score (nSPS) is 14.7. The van der Waals surface area contributed by atoms with Gasteiger partial charge in [-0.1, -0.05) is 61.0 Å². The second-order valence-electron chi connectivity index (χ2n) is 9.54. The van der Waals surface area contributed by atoms with Gasteiger partial charge < -0.3 is 20.1 Å². The van der Waals surface area contributed by atoms with Crippen LogP contribution >= 0.6 is 11.6 Å². The van der Waals surface area contributed by atoms with E-state index in [0.29, 0.717) is 23.9 Å². The number of aryl methyl sites for hydroxylation is 1. The summed E-state index contributed by atoms with van der Waals surface area (Å²) in [6.07, 6.45) is 2.76. The van der Waals surface area contributed by atoms with E-state index in [0.717, 1.165) is 42.2 Å². The number of aromatic nitrogens is 2. The van der Waals surface area contributed by atoms with Gasteiger partial charge in [0.1, 0.15) is 18.5 Å². The van der Waals surface area contributed by atoms with Crippen molar-refractivity contribution in [3.8, 4) is 5.75 Å². The Balaban J connectivity index is 1.52. The highest BCUT2D eigenvalue weighted by atomic mass is 35.5. The van der Waals surface area contributed by atoms with Gasteiger partial charge in [-0.05, 0) is 49.8 Å². The van der Waals surface area contributed by atoms with Crippen molar-refractivity contribution in [3.63, 3.8) is 0 Å². The van der Waals surface area contributed by atoms with Gasteiger partial charge in [-0.3, -0.25) is 4.79 Å². The van der Waals surface area contributed by atoms with Gasteiger partial charge in [-0.25, -0.2) is 14.8 Å². The largest absolute Gasteiger partial charge is 0.485 e. The maximum Gasteiger partial charge on any atom is 0.326 e. The Bertz CT molecular complexity index is 1260. The Morgan fingerprint density at radius 2 is 1.79 bits per heavy atom. The van der Waals surface area contributed by atoms with Gasteiger partial charge >= 0.3 is 5.97 Å². The van der Waals surface area contributed by atoms with Crippen LogP contribution < -0.4 is 15.0 Å². The summed E-state index contributed by atoms with van der Waals surface area (Å²) >= 11 is 6.39. The summed E-state index contributed by atoms with van der Waals surface area (Å²) in [7, 11) is 0. The predicted molar refractivity (Wildman–Crippen MR) is 147 cm³/mol. The second-order valence-corrected chi connectivity index (χ2v) is 9.94. The van der Waals surface area contributed by atoms with E-state index in [2.05, 4.69) is 20.2 Å². The topological polar surface area (TPSA) is 105 Å². The Hall–Kier alpha value is -3.65. The molecule has 1 saturated heterocycles. The average Bonchev–Trinajstić information content (AvgIpc) is 2.92. The summed E-state index contributed by atoms with van der Waals surface area (Å²) in [4.78, 5) is 36.3. The lowest BCUT2D eigenvalue weighted by Gasteiger charge is -2.34. The third-order valence-electron chi connectivity index (χ3n) is 6.81. The zero-order valence-electron chi connectivity index (χ0n) is 21.7. The number of rotatable bonds is 10. The fraction of sp³-hybridized carbons (Fsp3) is 0.379. The molecule has 38 heavy (non-hydrogen) atoms. The van der Waals surface area contributed by atoms with Crippen molar-refractivity contribution in [3.05, 3.63) is 82.4 Å². The van der Waals surface area contributed by atoms with Crippen molar-refractivity contribution in [2.45, 2.75) is 52.2 Å². The molecule has 9 heteroatoms. The molecule has 0 spiro atoms. The number of piperidine rings is 1. The minimum absolute atomic E-state index is 0.0663. The number of carboxylic acids is 1. The number of carbonyl (C=O) groups excluding carboxylic acids is 1. The molecule has 1 aliphatic heterocycles. The van der Waals surface area contributed by atoms with Crippen LogP contribution in [0.2, 0.25) is 5.02 Å². The van der Waals surface area contributed by atoms with Crippen LogP contribution in [0.25, 0.3) is 0 Å². The van der Waals surface area contributed by atoms with Crippen molar-refractivity contribution in [2.24, 2.45) is 5.92 Å². The number of anilines is 1. The highest BCUT2D eigenvalue weighted by molar-refractivity contribution is 6.33. The lowest BCUT2D eigenvalue weighted by molar-refractivity contribution is -0.139. The molecule has 4 rings (SSSR count). The van der Waals surface area contributed by atoms with Crippen LogP contribution in [0.5, 0.6) is 5.75 Å². The molecule has 2 heterocycles. The van der Waals surface area contributed by atoms with E-state index in [1.54, 1.807) is 13.8 Å². The number of para-hydroxylation sites is 1. The number of halogens is 1. The molecule has 2 aromatic carbocycles. The number of amides is 1. The van der Waals surface area contributed by atoms with E-state index < -0.39 is 17.9 Å². The molecule has 1 fully saturated rings. The SMILES string of the molecule is CCC(NC(=O)c1nc(CC2CCN(c3ccccc3Cl)CC2)nc(C)c1OCc1ccccc1)C(=O)O. The summed E-state index contributed by atoms with van der Waals surface area (Å²) < 4.78 is 6.02. The minimum Gasteiger partial charge on any atom is -0.485 e. The van der Waals surface area contributed by atoms with Crippen LogP contribution in [0.4, 0.5) is 5.69 Å². The lowest BCUT2D eigenvalue weighted by atomic mass is 9.92. The van der Waals surface area contributed by atoms with E-state index in [-0.39, 0.29) is 24.5 Å². The highest BCUT2D eigenvalue weighted by Gasteiger charge is 2.27. The number of ether oxygens (including phenoxy) is 1. The number of nitrogens with one attached hydrogen (secondary N) is 1. The van der Waals surface area contributed by atoms with Crippen LogP contribution in [-0.4, -0.2) is 46.1 Å². The fourth-order valence-corrected chi connectivity index (χ4v) is 4.93. The van der Waals surface area contributed by atoms with Gasteiger partial charge in [0.05, 0.1) is 16.4 Å². The van der Waals surface area contributed by atoms with Crippen molar-refractivity contribution in [2.75, 3.05) is 18.0 Å². The molecular formula is C29H33ClN4O4. The maximum absolute atomic E-state index is 13.2. The van der Waals surface area contributed by atoms with Crippen LogP contribution in [0.15, 0.2) is 54.6 Å². The van der Waals surface area contributed by atoms with Gasteiger partial charge in [0.25, 0.3) is 5.91 Å². The van der Waals surface area contributed by atoms with Crippen LogP contribution in [0, 0.1) is 12.8 Å². The molecule has 0 aliphatic carbocycles. The summed E-state index contributed by atoms with van der Waals surface area (Å²) in [5.41, 5.74) is 2.59. The first kappa shape index (κ1) is 27.4. The first-order chi connectivity index (χ1) is 18.4. The van der Waals surface area contributed by atoms with E-state index in [1.165, 1.54) is 0 Å². The Labute approximate surface area is 228 Å². The average molecular weight is 537 g/mol. The van der Waals surface area contributed by atoms with Crippen LogP contribution in [-0.2, 0) is 17.8 Å². The van der Waals surface area contributed by atoms with E-state index >= 15 is 0 Å². The standard InChI is InChI=1S/C29H33ClN4O4/c1-3-23(29(36)37)32-28(35)26-27(38-18-21-9-5-4-6-10-21)19(2)31-25(33-26)17-20-13-15-34(16-14-20)24-12-8-7-11-22(24)30/h4-12,20,23H,3,13-18H2,1-2H3,(H,32,35)(H,36,37). The molecule has 0 saturated carbocycles. The molecule has 0 bridgehead atoms. The summed E-state index contributed by atoms with van der Waals surface area (Å²) in [5, 5.41) is 12.8. The van der Waals surface area contributed by atoms with Crippen molar-refractivity contribution >= 4 is 29.2 Å². The Morgan fingerprint density at radius 1 is 1.11 bits per heavy atom. The second kappa shape index (κ2) is 12.7. The number of nitrogens with zero attached hydrogens (tertiary/aromatic N) is 3. The van der Waals surface area contributed by atoms with Crippen molar-refractivity contribution < 1.29 is 19.4 Å². The maximum atomic E-state index is 13.2. The molecule has 200 valence electrons.